The molecule has 0 saturated heterocycles. The first kappa shape index (κ1) is 13.8. The molecule has 0 aliphatic carbocycles. The molecule has 3 rings (SSSR count). The average molecular weight is 281 g/mol. The van der Waals surface area contributed by atoms with E-state index in [-0.39, 0.29) is 6.10 Å². The molecule has 3 heteroatoms. The van der Waals surface area contributed by atoms with Gasteiger partial charge in [-0.25, -0.2) is 4.98 Å². The summed E-state index contributed by atoms with van der Waals surface area (Å²) >= 11 is 0. The van der Waals surface area contributed by atoms with Crippen molar-refractivity contribution < 1.29 is 9.47 Å². The minimum absolute atomic E-state index is 0.0219. The maximum absolute atomic E-state index is 5.74. The van der Waals surface area contributed by atoms with Gasteiger partial charge < -0.3 is 9.47 Å². The SMILES string of the molecule is CCOC(C)c1nc2ccc(OC)cc2c2ccccc12. The van der Waals surface area contributed by atoms with E-state index >= 15 is 0 Å². The third-order valence-electron chi connectivity index (χ3n) is 3.74. The smallest absolute Gasteiger partial charge is 0.119 e. The third-order valence-corrected chi connectivity index (χ3v) is 3.74. The number of hydrogen-bond donors (Lipinski definition) is 0. The molecule has 0 aliphatic rings. The Morgan fingerprint density at radius 2 is 1.81 bits per heavy atom. The zero-order chi connectivity index (χ0) is 14.8. The van der Waals surface area contributed by atoms with E-state index in [1.54, 1.807) is 7.11 Å². The predicted octanol–water partition coefficient (Wildman–Crippen LogP) is 4.49. The first-order valence-electron chi connectivity index (χ1n) is 7.22. The molecule has 0 spiro atoms. The second-order valence-corrected chi connectivity index (χ2v) is 5.02. The molecule has 0 aliphatic heterocycles. The first-order chi connectivity index (χ1) is 10.2. The van der Waals surface area contributed by atoms with Crippen molar-refractivity contribution in [2.45, 2.75) is 20.0 Å². The molecule has 0 saturated carbocycles. The average Bonchev–Trinajstić information content (AvgIpc) is 2.53. The van der Waals surface area contributed by atoms with Gasteiger partial charge in [0.25, 0.3) is 0 Å². The Bertz CT molecular complexity index is 783. The molecule has 0 N–H and O–H groups in total. The van der Waals surface area contributed by atoms with E-state index in [1.165, 1.54) is 5.39 Å². The molecule has 3 aromatic rings. The maximum Gasteiger partial charge on any atom is 0.119 e. The standard InChI is InChI=1S/C18H19NO2/c1-4-21-12(2)18-15-8-6-5-7-14(15)16-11-13(20-3)9-10-17(16)19-18/h5-12H,4H2,1-3H3. The van der Waals surface area contributed by atoms with Crippen molar-refractivity contribution in [3.05, 3.63) is 48.2 Å². The van der Waals surface area contributed by atoms with Gasteiger partial charge in [-0.05, 0) is 37.4 Å². The van der Waals surface area contributed by atoms with Gasteiger partial charge in [0.15, 0.2) is 0 Å². The first-order valence-corrected chi connectivity index (χ1v) is 7.22. The number of pyridine rings is 1. The van der Waals surface area contributed by atoms with Crippen LogP contribution < -0.4 is 4.74 Å². The molecule has 0 bridgehead atoms. The molecule has 108 valence electrons. The van der Waals surface area contributed by atoms with Crippen LogP contribution in [0.1, 0.15) is 25.6 Å². The fourth-order valence-corrected chi connectivity index (χ4v) is 2.73. The Kier molecular flexibility index (Phi) is 3.76. The van der Waals surface area contributed by atoms with Gasteiger partial charge in [-0.15, -0.1) is 0 Å². The van der Waals surface area contributed by atoms with Crippen molar-refractivity contribution in [1.29, 1.82) is 0 Å². The van der Waals surface area contributed by atoms with Crippen LogP contribution >= 0.6 is 0 Å². The zero-order valence-electron chi connectivity index (χ0n) is 12.6. The van der Waals surface area contributed by atoms with E-state index in [1.807, 2.05) is 38.1 Å². The van der Waals surface area contributed by atoms with Gasteiger partial charge in [-0.2, -0.15) is 0 Å². The molecular weight excluding hydrogens is 262 g/mol. The molecule has 0 fully saturated rings. The Balaban J connectivity index is 2.33. The summed E-state index contributed by atoms with van der Waals surface area (Å²) in [6.45, 7) is 4.73. The van der Waals surface area contributed by atoms with Gasteiger partial charge in [-0.3, -0.25) is 0 Å². The van der Waals surface area contributed by atoms with Gasteiger partial charge in [0.05, 0.1) is 24.4 Å². The highest BCUT2D eigenvalue weighted by Crippen LogP contribution is 2.32. The number of aromatic nitrogens is 1. The highest BCUT2D eigenvalue weighted by molar-refractivity contribution is 6.07. The molecule has 2 aromatic carbocycles. The number of rotatable bonds is 4. The Labute approximate surface area is 124 Å². The number of methoxy groups -OCH3 is 1. The lowest BCUT2D eigenvalue weighted by molar-refractivity contribution is 0.0747. The molecule has 1 atom stereocenters. The summed E-state index contributed by atoms with van der Waals surface area (Å²) in [5.74, 6) is 0.847. The fourth-order valence-electron chi connectivity index (χ4n) is 2.73. The van der Waals surface area contributed by atoms with E-state index in [0.29, 0.717) is 6.61 Å². The van der Waals surface area contributed by atoms with Crippen molar-refractivity contribution in [3.8, 4) is 5.75 Å². The molecule has 3 nitrogen and oxygen atoms in total. The Morgan fingerprint density at radius 1 is 1.05 bits per heavy atom. The molecule has 1 heterocycles. The third kappa shape index (κ3) is 2.45. The molecular formula is C18H19NO2. The number of hydrogen-bond acceptors (Lipinski definition) is 3. The second kappa shape index (κ2) is 5.70. The van der Waals surface area contributed by atoms with Gasteiger partial charge in [0.1, 0.15) is 5.75 Å². The van der Waals surface area contributed by atoms with Crippen LogP contribution in [0.25, 0.3) is 21.7 Å². The van der Waals surface area contributed by atoms with Crippen LogP contribution in [0.5, 0.6) is 5.75 Å². The number of fused-ring (bicyclic) bond motifs is 3. The van der Waals surface area contributed by atoms with Crippen molar-refractivity contribution in [2.24, 2.45) is 0 Å². The van der Waals surface area contributed by atoms with Gasteiger partial charge >= 0.3 is 0 Å². The number of ether oxygens (including phenoxy) is 2. The van der Waals surface area contributed by atoms with E-state index in [0.717, 1.165) is 27.7 Å². The Hall–Kier alpha value is -2.13. The van der Waals surface area contributed by atoms with Crippen LogP contribution in [-0.2, 0) is 4.74 Å². The minimum Gasteiger partial charge on any atom is -0.497 e. The summed E-state index contributed by atoms with van der Waals surface area (Å²) < 4.78 is 11.1. The van der Waals surface area contributed by atoms with Gasteiger partial charge in [0.2, 0.25) is 0 Å². The lowest BCUT2D eigenvalue weighted by Crippen LogP contribution is -2.03. The summed E-state index contributed by atoms with van der Waals surface area (Å²) in [6.07, 6.45) is -0.0219. The largest absolute Gasteiger partial charge is 0.497 e. The molecule has 0 radical (unpaired) electrons. The Morgan fingerprint density at radius 3 is 2.52 bits per heavy atom. The van der Waals surface area contributed by atoms with Crippen LogP contribution in [0.15, 0.2) is 42.5 Å². The minimum atomic E-state index is -0.0219. The van der Waals surface area contributed by atoms with Crippen molar-refractivity contribution in [3.63, 3.8) is 0 Å². The quantitative estimate of drug-likeness (QED) is 0.660. The van der Waals surface area contributed by atoms with Gasteiger partial charge in [0, 0.05) is 17.4 Å². The van der Waals surface area contributed by atoms with Crippen molar-refractivity contribution in [1.82, 2.24) is 4.98 Å². The van der Waals surface area contributed by atoms with Crippen molar-refractivity contribution in [2.75, 3.05) is 13.7 Å². The molecule has 0 amide bonds. The van der Waals surface area contributed by atoms with E-state index in [4.69, 9.17) is 14.5 Å². The van der Waals surface area contributed by atoms with Crippen LogP contribution in [0, 0.1) is 0 Å². The number of benzene rings is 2. The molecule has 1 unspecified atom stereocenters. The monoisotopic (exact) mass is 281 g/mol. The lowest BCUT2D eigenvalue weighted by atomic mass is 10.0. The molecule has 21 heavy (non-hydrogen) atoms. The number of nitrogens with zero attached hydrogens (tertiary/aromatic N) is 1. The second-order valence-electron chi connectivity index (χ2n) is 5.02. The maximum atomic E-state index is 5.74. The molecule has 1 aromatic heterocycles. The topological polar surface area (TPSA) is 31.4 Å². The van der Waals surface area contributed by atoms with E-state index in [9.17, 15) is 0 Å². The van der Waals surface area contributed by atoms with Crippen LogP contribution in [-0.4, -0.2) is 18.7 Å². The van der Waals surface area contributed by atoms with E-state index < -0.39 is 0 Å². The zero-order valence-corrected chi connectivity index (χ0v) is 12.6. The summed E-state index contributed by atoms with van der Waals surface area (Å²) in [6, 6.07) is 14.3. The van der Waals surface area contributed by atoms with Crippen LogP contribution in [0.4, 0.5) is 0 Å². The summed E-state index contributed by atoms with van der Waals surface area (Å²) in [4.78, 5) is 4.82. The predicted molar refractivity (Wildman–Crippen MR) is 85.8 cm³/mol. The summed E-state index contributed by atoms with van der Waals surface area (Å²) in [7, 11) is 1.68. The van der Waals surface area contributed by atoms with Crippen LogP contribution in [0.3, 0.4) is 0 Å². The van der Waals surface area contributed by atoms with Gasteiger partial charge in [-0.1, -0.05) is 24.3 Å². The summed E-state index contributed by atoms with van der Waals surface area (Å²) in [5.41, 5.74) is 1.96. The highest BCUT2D eigenvalue weighted by Gasteiger charge is 2.14. The summed E-state index contributed by atoms with van der Waals surface area (Å²) in [5, 5.41) is 3.43. The van der Waals surface area contributed by atoms with E-state index in [2.05, 4.69) is 18.2 Å². The highest BCUT2D eigenvalue weighted by atomic mass is 16.5. The normalized spacial score (nSPS) is 12.7. The van der Waals surface area contributed by atoms with Crippen LogP contribution in [0.2, 0.25) is 0 Å². The van der Waals surface area contributed by atoms with Crippen molar-refractivity contribution >= 4 is 21.7 Å². The lowest BCUT2D eigenvalue weighted by Gasteiger charge is -2.16. The fraction of sp³-hybridized carbons (Fsp3) is 0.278.